The van der Waals surface area contributed by atoms with Crippen LogP contribution < -0.4 is 4.74 Å². The van der Waals surface area contributed by atoms with E-state index in [1.807, 2.05) is 44.2 Å². The topological polar surface area (TPSA) is 71.8 Å². The number of carbonyl (C=O) groups excluding carboxylic acids is 3. The molecular weight excluding hydrogens is 426 g/mol. The van der Waals surface area contributed by atoms with Crippen molar-refractivity contribution >= 4 is 34.9 Å². The molecule has 0 bridgehead atoms. The predicted molar refractivity (Wildman–Crippen MR) is 125 cm³/mol. The molecule has 32 heavy (non-hydrogen) atoms. The number of aromatic nitrogens is 1. The number of hydrogen-bond donors (Lipinski definition) is 0. The van der Waals surface area contributed by atoms with Gasteiger partial charge in [-0.15, -0.1) is 0 Å². The minimum atomic E-state index is -0.403. The first kappa shape index (κ1) is 22.2. The van der Waals surface area contributed by atoms with E-state index in [1.165, 1.54) is 0 Å². The zero-order chi connectivity index (χ0) is 22.8. The molecule has 7 nitrogen and oxygen atoms in total. The number of ether oxygens (including phenoxy) is 1. The summed E-state index contributed by atoms with van der Waals surface area (Å²) < 4.78 is 7.33. The maximum Gasteiger partial charge on any atom is 0.294 e. The molecule has 2 saturated heterocycles. The fraction of sp³-hybridized carbons (Fsp3) is 0.375. The molecule has 2 fully saturated rings. The lowest BCUT2D eigenvalue weighted by molar-refractivity contribution is -0.136. The SMILES string of the molecule is COc1ccc(-n2c(C)cc(/C=C3\SC(=O)N(CC(=O)N4CCCCC4)C3=O)c2C)cc1. The number of likely N-dealkylation sites (tertiary alicyclic amines) is 1. The van der Waals surface area contributed by atoms with Gasteiger partial charge in [0.2, 0.25) is 5.91 Å². The van der Waals surface area contributed by atoms with Crippen LogP contribution in [0.2, 0.25) is 0 Å². The lowest BCUT2D eigenvalue weighted by atomic mass is 10.1. The third-order valence-electron chi connectivity index (χ3n) is 5.96. The number of methoxy groups -OCH3 is 1. The van der Waals surface area contributed by atoms with E-state index in [0.29, 0.717) is 18.0 Å². The number of amides is 3. The highest BCUT2D eigenvalue weighted by atomic mass is 32.2. The van der Waals surface area contributed by atoms with Crippen LogP contribution >= 0.6 is 11.8 Å². The summed E-state index contributed by atoms with van der Waals surface area (Å²) in [4.78, 5) is 41.1. The second kappa shape index (κ2) is 9.24. The molecule has 4 rings (SSSR count). The van der Waals surface area contributed by atoms with Gasteiger partial charge in [0.25, 0.3) is 11.1 Å². The number of nitrogens with zero attached hydrogens (tertiary/aromatic N) is 3. The van der Waals surface area contributed by atoms with E-state index in [2.05, 4.69) is 4.57 Å². The summed E-state index contributed by atoms with van der Waals surface area (Å²) in [6.45, 7) is 5.18. The van der Waals surface area contributed by atoms with Crippen LogP contribution in [0, 0.1) is 13.8 Å². The lowest BCUT2D eigenvalue weighted by Crippen LogP contribution is -2.44. The standard InChI is InChI=1S/C24H27N3O4S/c1-16-13-18(17(2)27(16)19-7-9-20(31-3)10-8-19)14-21-23(29)26(24(30)32-21)15-22(28)25-11-5-4-6-12-25/h7-10,13-14H,4-6,11-12,15H2,1-3H3/b21-14-. The van der Waals surface area contributed by atoms with E-state index < -0.39 is 11.1 Å². The molecule has 3 amide bonds. The van der Waals surface area contributed by atoms with Crippen molar-refractivity contribution in [3.05, 3.63) is 52.2 Å². The fourth-order valence-electron chi connectivity index (χ4n) is 4.22. The molecule has 8 heteroatoms. The molecule has 168 valence electrons. The highest BCUT2D eigenvalue weighted by molar-refractivity contribution is 8.18. The quantitative estimate of drug-likeness (QED) is 0.636. The number of rotatable bonds is 5. The first-order valence-corrected chi connectivity index (χ1v) is 11.6. The summed E-state index contributed by atoms with van der Waals surface area (Å²) in [6, 6.07) is 9.75. The third-order valence-corrected chi connectivity index (χ3v) is 6.87. The number of imide groups is 1. The Morgan fingerprint density at radius 1 is 1.09 bits per heavy atom. The maximum atomic E-state index is 12.9. The van der Waals surface area contributed by atoms with Crippen molar-refractivity contribution in [3.63, 3.8) is 0 Å². The van der Waals surface area contributed by atoms with Gasteiger partial charge in [-0.1, -0.05) is 0 Å². The molecule has 2 aliphatic heterocycles. The van der Waals surface area contributed by atoms with Crippen LogP contribution in [0.3, 0.4) is 0 Å². The van der Waals surface area contributed by atoms with Crippen molar-refractivity contribution in [2.24, 2.45) is 0 Å². The molecule has 1 aromatic heterocycles. The van der Waals surface area contributed by atoms with Gasteiger partial charge in [-0.3, -0.25) is 19.3 Å². The van der Waals surface area contributed by atoms with Gasteiger partial charge < -0.3 is 14.2 Å². The molecule has 0 N–H and O–H groups in total. The average Bonchev–Trinajstić information content (AvgIpc) is 3.23. The maximum absolute atomic E-state index is 12.9. The minimum Gasteiger partial charge on any atom is -0.497 e. The zero-order valence-corrected chi connectivity index (χ0v) is 19.4. The van der Waals surface area contributed by atoms with Crippen LogP contribution in [0.15, 0.2) is 35.2 Å². The summed E-state index contributed by atoms with van der Waals surface area (Å²) in [5.74, 6) is 0.217. The van der Waals surface area contributed by atoms with Crippen molar-refractivity contribution in [2.75, 3.05) is 26.7 Å². The highest BCUT2D eigenvalue weighted by Crippen LogP contribution is 2.34. The number of piperidine rings is 1. The average molecular weight is 454 g/mol. The molecule has 0 atom stereocenters. The number of hydrogen-bond acceptors (Lipinski definition) is 5. The predicted octanol–water partition coefficient (Wildman–Crippen LogP) is 4.15. The Balaban J connectivity index is 1.54. The van der Waals surface area contributed by atoms with Crippen LogP contribution in [0.25, 0.3) is 11.8 Å². The Kier molecular flexibility index (Phi) is 6.41. The molecule has 2 aliphatic rings. The largest absolute Gasteiger partial charge is 0.497 e. The van der Waals surface area contributed by atoms with Gasteiger partial charge in [-0.2, -0.15) is 0 Å². The van der Waals surface area contributed by atoms with Crippen LogP contribution in [-0.2, 0) is 9.59 Å². The van der Waals surface area contributed by atoms with Gasteiger partial charge in [-0.25, -0.2) is 0 Å². The van der Waals surface area contributed by atoms with Crippen LogP contribution in [-0.4, -0.2) is 58.2 Å². The summed E-state index contributed by atoms with van der Waals surface area (Å²) >= 11 is 0.892. The van der Waals surface area contributed by atoms with Gasteiger partial charge in [0.05, 0.1) is 12.0 Å². The first-order valence-electron chi connectivity index (χ1n) is 10.8. The van der Waals surface area contributed by atoms with Crippen LogP contribution in [0.5, 0.6) is 5.75 Å². The van der Waals surface area contributed by atoms with Crippen molar-refractivity contribution in [3.8, 4) is 11.4 Å². The number of carbonyl (C=O) groups is 3. The molecular formula is C24H27N3O4S. The summed E-state index contributed by atoms with van der Waals surface area (Å²) in [5.41, 5.74) is 3.83. The minimum absolute atomic E-state index is 0.161. The molecule has 0 spiro atoms. The van der Waals surface area contributed by atoms with Gasteiger partial charge in [0.1, 0.15) is 12.3 Å². The Hall–Kier alpha value is -3.00. The molecule has 2 aromatic rings. The monoisotopic (exact) mass is 453 g/mol. The highest BCUT2D eigenvalue weighted by Gasteiger charge is 2.37. The third kappa shape index (κ3) is 4.32. The van der Waals surface area contributed by atoms with Gasteiger partial charge in [0.15, 0.2) is 0 Å². The van der Waals surface area contributed by atoms with E-state index in [1.54, 1.807) is 18.1 Å². The Labute approximate surface area is 192 Å². The Morgan fingerprint density at radius 3 is 2.44 bits per heavy atom. The molecule has 1 aromatic carbocycles. The van der Waals surface area contributed by atoms with Crippen molar-refractivity contribution in [1.82, 2.24) is 14.4 Å². The van der Waals surface area contributed by atoms with Crippen LogP contribution in [0.1, 0.15) is 36.2 Å². The van der Waals surface area contributed by atoms with Gasteiger partial charge in [-0.05, 0) is 86.8 Å². The number of benzene rings is 1. The molecule has 0 radical (unpaired) electrons. The molecule has 0 unspecified atom stereocenters. The van der Waals surface area contributed by atoms with Gasteiger partial charge >= 0.3 is 0 Å². The van der Waals surface area contributed by atoms with Crippen molar-refractivity contribution in [1.29, 1.82) is 0 Å². The van der Waals surface area contributed by atoms with Crippen molar-refractivity contribution < 1.29 is 19.1 Å². The zero-order valence-electron chi connectivity index (χ0n) is 18.6. The Bertz CT molecular complexity index is 1080. The van der Waals surface area contributed by atoms with E-state index in [-0.39, 0.29) is 12.5 Å². The fourth-order valence-corrected chi connectivity index (χ4v) is 5.05. The molecule has 0 saturated carbocycles. The summed E-state index contributed by atoms with van der Waals surface area (Å²) in [5, 5.41) is -0.393. The second-order valence-electron chi connectivity index (χ2n) is 8.07. The lowest BCUT2D eigenvalue weighted by Gasteiger charge is -2.27. The van der Waals surface area contributed by atoms with Gasteiger partial charge in [0, 0.05) is 30.2 Å². The molecule has 0 aliphatic carbocycles. The van der Waals surface area contributed by atoms with Crippen molar-refractivity contribution in [2.45, 2.75) is 33.1 Å². The van der Waals surface area contributed by atoms with E-state index >= 15 is 0 Å². The first-order chi connectivity index (χ1) is 15.4. The van der Waals surface area contributed by atoms with E-state index in [4.69, 9.17) is 4.74 Å². The summed E-state index contributed by atoms with van der Waals surface area (Å²) in [6.07, 6.45) is 4.80. The van der Waals surface area contributed by atoms with E-state index in [0.717, 1.165) is 64.3 Å². The van der Waals surface area contributed by atoms with Crippen LogP contribution in [0.4, 0.5) is 4.79 Å². The number of aryl methyl sites for hydroxylation is 1. The molecule has 3 heterocycles. The second-order valence-corrected chi connectivity index (χ2v) is 9.06. The number of thioether (sulfide) groups is 1. The van der Waals surface area contributed by atoms with E-state index in [9.17, 15) is 14.4 Å². The normalized spacial score (nSPS) is 18.0. The smallest absolute Gasteiger partial charge is 0.294 e. The summed E-state index contributed by atoms with van der Waals surface area (Å²) in [7, 11) is 1.63. The Morgan fingerprint density at radius 2 is 1.78 bits per heavy atom.